The van der Waals surface area contributed by atoms with Crippen molar-refractivity contribution in [1.29, 1.82) is 0 Å². The van der Waals surface area contributed by atoms with E-state index in [0.717, 1.165) is 13.0 Å². The summed E-state index contributed by atoms with van der Waals surface area (Å²) in [5.41, 5.74) is 5.03. The van der Waals surface area contributed by atoms with E-state index in [0.29, 0.717) is 0 Å². The van der Waals surface area contributed by atoms with Crippen LogP contribution in [0.25, 0.3) is 0 Å². The molecule has 3 aromatic carbocycles. The molecule has 0 bridgehead atoms. The van der Waals surface area contributed by atoms with E-state index in [2.05, 4.69) is 79.7 Å². The third-order valence-corrected chi connectivity index (χ3v) is 17.9. The van der Waals surface area contributed by atoms with E-state index >= 15 is 0 Å². The van der Waals surface area contributed by atoms with Crippen LogP contribution in [0.5, 0.6) is 0 Å². The molecule has 0 heterocycles. The van der Waals surface area contributed by atoms with E-state index < -0.39 is 17.3 Å². The fourth-order valence-corrected chi connectivity index (χ4v) is 13.5. The van der Waals surface area contributed by atoms with Gasteiger partial charge in [-0.1, -0.05) is 6.92 Å². The number of hydrogen-bond donors (Lipinski definition) is 1. The molecule has 0 radical (unpaired) electrons. The normalized spacial score (nSPS) is 10.6. The first-order valence-electron chi connectivity index (χ1n) is 8.29. The van der Waals surface area contributed by atoms with Gasteiger partial charge in [0.25, 0.3) is 0 Å². The minimum absolute atomic E-state index is 0.819. The molecule has 0 aromatic heterocycles. The first-order chi connectivity index (χ1) is 11.7. The molecular weight excluding hydrogens is 420 g/mol. The number of rotatable bonds is 4. The van der Waals surface area contributed by atoms with Crippen molar-refractivity contribution in [1.82, 2.24) is 0 Å². The van der Waals surface area contributed by atoms with Crippen molar-refractivity contribution >= 4 is 36.9 Å². The predicted molar refractivity (Wildman–Crippen MR) is 109 cm³/mol. The summed E-state index contributed by atoms with van der Waals surface area (Å²) in [6.07, 6.45) is 1.10. The zero-order valence-corrected chi connectivity index (χ0v) is 17.6. The molecule has 0 aliphatic heterocycles. The second kappa shape index (κ2) is 9.87. The van der Waals surface area contributed by atoms with Crippen molar-refractivity contribution < 1.29 is 0 Å². The van der Waals surface area contributed by atoms with E-state index in [1.54, 1.807) is 0 Å². The van der Waals surface area contributed by atoms with Gasteiger partial charge in [-0.25, -0.2) is 0 Å². The Labute approximate surface area is 153 Å². The van der Waals surface area contributed by atoms with Crippen LogP contribution in [0.15, 0.2) is 91.0 Å². The molecule has 24 heavy (non-hydrogen) atoms. The summed E-state index contributed by atoms with van der Waals surface area (Å²) in [5.74, 6) is 0. The number of halogens is 1. The van der Waals surface area contributed by atoms with Crippen molar-refractivity contribution in [3.8, 4) is 0 Å². The monoisotopic (exact) mass is 445 g/mol. The maximum atomic E-state index is 7.33. The Hall–Kier alpha value is -1.29. The fourth-order valence-electron chi connectivity index (χ4n) is 2.50. The van der Waals surface area contributed by atoms with Crippen molar-refractivity contribution in [2.75, 3.05) is 6.54 Å². The van der Waals surface area contributed by atoms with Gasteiger partial charge in [0, 0.05) is 0 Å². The SMILES string of the molecule is CCCN.[Cl][Sn]([c]1ccccc1)([c]1ccccc1)[c]1ccccc1. The van der Waals surface area contributed by atoms with Gasteiger partial charge in [-0.15, -0.1) is 0 Å². The summed E-state index contributed by atoms with van der Waals surface area (Å²) in [6.45, 7) is 2.88. The van der Waals surface area contributed by atoms with E-state index in [1.807, 2.05) is 18.2 Å². The Balaban J connectivity index is 0.000000471. The average Bonchev–Trinajstić information content (AvgIpc) is 2.69. The zero-order chi connectivity index (χ0) is 17.3. The van der Waals surface area contributed by atoms with E-state index in [4.69, 9.17) is 14.7 Å². The van der Waals surface area contributed by atoms with Crippen LogP contribution in [0.1, 0.15) is 13.3 Å². The molecule has 3 aromatic rings. The summed E-state index contributed by atoms with van der Waals surface area (Å²) in [5, 5.41) is 0. The molecule has 0 aliphatic carbocycles. The molecule has 0 saturated carbocycles. The first kappa shape index (κ1) is 19.0. The number of hydrogen-bond acceptors (Lipinski definition) is 1. The van der Waals surface area contributed by atoms with Gasteiger partial charge in [-0.05, 0) is 13.0 Å². The Morgan fingerprint density at radius 2 is 0.917 bits per heavy atom. The predicted octanol–water partition coefficient (Wildman–Crippen LogP) is 3.25. The van der Waals surface area contributed by atoms with Crippen LogP contribution in [0, 0.1) is 0 Å². The van der Waals surface area contributed by atoms with Crippen LogP contribution in [-0.2, 0) is 0 Å². The van der Waals surface area contributed by atoms with Crippen LogP contribution in [-0.4, -0.2) is 23.8 Å². The average molecular weight is 445 g/mol. The summed E-state index contributed by atoms with van der Waals surface area (Å²) in [4.78, 5) is 0. The van der Waals surface area contributed by atoms with Crippen molar-refractivity contribution in [2.24, 2.45) is 5.73 Å². The molecule has 0 unspecified atom stereocenters. The molecule has 0 atom stereocenters. The van der Waals surface area contributed by atoms with Crippen LogP contribution in [0.3, 0.4) is 0 Å². The topological polar surface area (TPSA) is 26.0 Å². The Bertz CT molecular complexity index is 603. The van der Waals surface area contributed by atoms with Crippen molar-refractivity contribution in [3.05, 3.63) is 91.0 Å². The van der Waals surface area contributed by atoms with Crippen molar-refractivity contribution in [2.45, 2.75) is 13.3 Å². The molecule has 2 N–H and O–H groups in total. The molecule has 3 rings (SSSR count). The zero-order valence-electron chi connectivity index (χ0n) is 14.0. The van der Waals surface area contributed by atoms with Gasteiger partial charge in [0.1, 0.15) is 0 Å². The molecule has 0 fully saturated rings. The van der Waals surface area contributed by atoms with Crippen LogP contribution in [0.4, 0.5) is 0 Å². The molecule has 0 spiro atoms. The maximum absolute atomic E-state index is 7.33. The van der Waals surface area contributed by atoms with Gasteiger partial charge in [0.2, 0.25) is 0 Å². The van der Waals surface area contributed by atoms with Crippen LogP contribution in [0.2, 0.25) is 0 Å². The summed E-state index contributed by atoms with van der Waals surface area (Å²) in [7, 11) is 7.33. The van der Waals surface area contributed by atoms with Crippen molar-refractivity contribution in [3.63, 3.8) is 0 Å². The molecule has 0 amide bonds. The van der Waals surface area contributed by atoms with Gasteiger partial charge >= 0.3 is 128 Å². The van der Waals surface area contributed by atoms with E-state index in [1.165, 1.54) is 10.7 Å². The fraction of sp³-hybridized carbons (Fsp3) is 0.143. The molecule has 1 nitrogen and oxygen atoms in total. The third-order valence-electron chi connectivity index (χ3n) is 3.80. The van der Waals surface area contributed by atoms with Gasteiger partial charge in [0.05, 0.1) is 0 Å². The Morgan fingerprint density at radius 1 is 0.667 bits per heavy atom. The Kier molecular flexibility index (Phi) is 7.83. The summed E-state index contributed by atoms with van der Waals surface area (Å²) >= 11 is -3.30. The quantitative estimate of drug-likeness (QED) is 0.615. The van der Waals surface area contributed by atoms with Gasteiger partial charge in [0.15, 0.2) is 0 Å². The summed E-state index contributed by atoms with van der Waals surface area (Å²) < 4.78 is 3.88. The molecule has 3 heteroatoms. The standard InChI is InChI=1S/3C6H5.C3H9N.ClH.Sn/c3*1-2-4-6-5-3-1;1-2-3-4;;/h3*1-5H;2-4H2,1H3;1H;/q;;;;;+1/p-1. The van der Waals surface area contributed by atoms with Crippen LogP contribution < -0.4 is 16.5 Å². The van der Waals surface area contributed by atoms with Gasteiger partial charge < -0.3 is 5.73 Å². The molecular formula is C21H24ClNSn. The number of benzene rings is 3. The molecule has 0 aliphatic rings. The number of nitrogens with two attached hydrogens (primary N) is 1. The third kappa shape index (κ3) is 4.62. The molecule has 124 valence electrons. The molecule has 0 saturated heterocycles. The first-order valence-corrected chi connectivity index (χ1v) is 16.2. The van der Waals surface area contributed by atoms with Gasteiger partial charge in [-0.2, -0.15) is 0 Å². The van der Waals surface area contributed by atoms with E-state index in [9.17, 15) is 0 Å². The Morgan fingerprint density at radius 3 is 1.12 bits per heavy atom. The van der Waals surface area contributed by atoms with Gasteiger partial charge in [-0.3, -0.25) is 0 Å². The second-order valence-corrected chi connectivity index (χ2v) is 18.1. The minimum atomic E-state index is -3.30. The summed E-state index contributed by atoms with van der Waals surface area (Å²) in [6, 6.07) is 31.6. The van der Waals surface area contributed by atoms with E-state index in [-0.39, 0.29) is 0 Å². The second-order valence-electron chi connectivity index (χ2n) is 5.55. The van der Waals surface area contributed by atoms with Crippen LogP contribution >= 0.6 is 8.92 Å².